The summed E-state index contributed by atoms with van der Waals surface area (Å²) in [6.07, 6.45) is 3.72. The number of hydrogen-bond acceptors (Lipinski definition) is 4. The number of aryl methyl sites for hydroxylation is 2. The van der Waals surface area contributed by atoms with Crippen LogP contribution in [0, 0.1) is 12.8 Å². The summed E-state index contributed by atoms with van der Waals surface area (Å²) in [5.74, 6) is 2.72. The van der Waals surface area contributed by atoms with Crippen molar-refractivity contribution in [3.8, 4) is 5.75 Å². The molecule has 5 nitrogen and oxygen atoms in total. The molecule has 1 aliphatic heterocycles. The Hall–Kier alpha value is -2.21. The number of benzene rings is 1. The molecule has 0 N–H and O–H groups in total. The molecule has 3 aromatic rings. The lowest BCUT2D eigenvalue weighted by molar-refractivity contribution is 0.0916. The van der Waals surface area contributed by atoms with Crippen LogP contribution in [-0.4, -0.2) is 32.8 Å². The fourth-order valence-corrected chi connectivity index (χ4v) is 4.71. The maximum Gasteiger partial charge on any atom is 0.171 e. The highest BCUT2D eigenvalue weighted by Gasteiger charge is 2.33. The second-order valence-corrected chi connectivity index (χ2v) is 7.10. The van der Waals surface area contributed by atoms with Gasteiger partial charge in [-0.1, -0.05) is 12.1 Å². The molecule has 0 amide bonds. The molecule has 0 aliphatic carbocycles. The van der Waals surface area contributed by atoms with Crippen molar-refractivity contribution in [3.63, 3.8) is 0 Å². The number of ketones is 1. The molecule has 1 aromatic carbocycles. The maximum atomic E-state index is 13.2. The molecule has 1 unspecified atom stereocenters. The van der Waals surface area contributed by atoms with Crippen LogP contribution in [0.2, 0.25) is 0 Å². The first-order valence-electron chi connectivity index (χ1n) is 7.92. The molecule has 1 atom stereocenters. The lowest BCUT2D eigenvalue weighted by atomic mass is 9.98. The van der Waals surface area contributed by atoms with Crippen LogP contribution in [0.25, 0.3) is 10.9 Å². The van der Waals surface area contributed by atoms with Crippen LogP contribution in [0.5, 0.6) is 5.75 Å². The number of aromatic nitrogens is 3. The quantitative estimate of drug-likeness (QED) is 0.733. The van der Waals surface area contributed by atoms with Gasteiger partial charge >= 0.3 is 0 Å². The van der Waals surface area contributed by atoms with E-state index in [1.54, 1.807) is 25.1 Å². The number of Topliss-reactive ketones (excluding diaryl/α,β-unsaturated/α-hetero) is 1. The van der Waals surface area contributed by atoms with Crippen molar-refractivity contribution in [2.75, 3.05) is 12.9 Å². The minimum atomic E-state index is -0.0350. The Kier molecular flexibility index (Phi) is 3.64. The van der Waals surface area contributed by atoms with E-state index in [2.05, 4.69) is 14.1 Å². The zero-order valence-corrected chi connectivity index (χ0v) is 14.8. The molecule has 2 aromatic heterocycles. The molecular formula is C18H19N3O2S. The highest BCUT2D eigenvalue weighted by molar-refractivity contribution is 7.99. The van der Waals surface area contributed by atoms with Crippen LogP contribution >= 0.6 is 11.8 Å². The van der Waals surface area contributed by atoms with E-state index in [0.29, 0.717) is 6.54 Å². The molecular weight excluding hydrogens is 322 g/mol. The predicted octanol–water partition coefficient (Wildman–Crippen LogP) is 3.30. The number of imidazole rings is 1. The summed E-state index contributed by atoms with van der Waals surface area (Å²) in [7, 11) is 3.67. The monoisotopic (exact) mass is 341 g/mol. The van der Waals surface area contributed by atoms with Crippen LogP contribution in [-0.2, 0) is 13.6 Å². The van der Waals surface area contributed by atoms with Gasteiger partial charge in [0.2, 0.25) is 0 Å². The van der Waals surface area contributed by atoms with Crippen LogP contribution in [0.1, 0.15) is 16.2 Å². The standard InChI is InChI=1S/C18H19N3O2S/c1-11-19-7-8-21(11)9-12-10-24-18-15(17(12)22)13-5-4-6-14(23-3)16(13)20(18)2/h4-8,12H,9-10H2,1-3H3. The van der Waals surface area contributed by atoms with Gasteiger partial charge in [-0.2, -0.15) is 0 Å². The first kappa shape index (κ1) is 15.3. The van der Waals surface area contributed by atoms with E-state index in [-0.39, 0.29) is 11.7 Å². The molecule has 6 heteroatoms. The van der Waals surface area contributed by atoms with E-state index < -0.39 is 0 Å². The number of thioether (sulfide) groups is 1. The third-order valence-electron chi connectivity index (χ3n) is 4.72. The molecule has 1 aliphatic rings. The van der Waals surface area contributed by atoms with Crippen molar-refractivity contribution in [2.24, 2.45) is 13.0 Å². The summed E-state index contributed by atoms with van der Waals surface area (Å²) in [5.41, 5.74) is 1.83. The number of carbonyl (C=O) groups excluding carboxylic acids is 1. The van der Waals surface area contributed by atoms with Gasteiger partial charge in [0.25, 0.3) is 0 Å². The van der Waals surface area contributed by atoms with E-state index in [4.69, 9.17) is 4.74 Å². The van der Waals surface area contributed by atoms with Crippen LogP contribution < -0.4 is 4.74 Å². The highest BCUT2D eigenvalue weighted by atomic mass is 32.2. The smallest absolute Gasteiger partial charge is 0.171 e. The summed E-state index contributed by atoms with van der Waals surface area (Å²) in [6.45, 7) is 2.64. The first-order valence-corrected chi connectivity index (χ1v) is 8.90. The number of nitrogens with zero attached hydrogens (tertiary/aromatic N) is 3. The van der Waals surface area contributed by atoms with Crippen molar-refractivity contribution < 1.29 is 9.53 Å². The van der Waals surface area contributed by atoms with E-state index in [1.165, 1.54) is 0 Å². The lowest BCUT2D eigenvalue weighted by Gasteiger charge is -2.22. The van der Waals surface area contributed by atoms with Gasteiger partial charge < -0.3 is 13.9 Å². The minimum absolute atomic E-state index is 0.0350. The average molecular weight is 341 g/mol. The zero-order chi connectivity index (χ0) is 16.8. The zero-order valence-electron chi connectivity index (χ0n) is 13.9. The fourth-order valence-electron chi connectivity index (χ4n) is 3.46. The number of methoxy groups -OCH3 is 1. The number of hydrogen-bond donors (Lipinski definition) is 0. The molecule has 0 bridgehead atoms. The third kappa shape index (κ3) is 2.17. The van der Waals surface area contributed by atoms with Crippen LogP contribution in [0.15, 0.2) is 35.6 Å². The molecule has 0 radical (unpaired) electrons. The van der Waals surface area contributed by atoms with Crippen LogP contribution in [0.4, 0.5) is 0 Å². The number of ether oxygens (including phenoxy) is 1. The fraction of sp³-hybridized carbons (Fsp3) is 0.333. The van der Waals surface area contributed by atoms with Crippen LogP contribution in [0.3, 0.4) is 0 Å². The molecule has 3 heterocycles. The Labute approximate surface area is 144 Å². The normalized spacial score (nSPS) is 17.3. The molecule has 0 saturated heterocycles. The minimum Gasteiger partial charge on any atom is -0.495 e. The van der Waals surface area contributed by atoms with Gasteiger partial charge in [-0.15, -0.1) is 11.8 Å². The average Bonchev–Trinajstić information content (AvgIpc) is 3.12. The molecule has 4 rings (SSSR count). The molecule has 0 spiro atoms. The second kappa shape index (κ2) is 5.70. The second-order valence-electron chi connectivity index (χ2n) is 6.09. The summed E-state index contributed by atoms with van der Waals surface area (Å²) < 4.78 is 9.64. The van der Waals surface area contributed by atoms with Crippen molar-refractivity contribution in [1.82, 2.24) is 14.1 Å². The Bertz CT molecular complexity index is 941. The molecule has 0 fully saturated rings. The number of fused-ring (bicyclic) bond motifs is 3. The number of rotatable bonds is 3. The van der Waals surface area contributed by atoms with Gasteiger partial charge in [0, 0.05) is 43.0 Å². The summed E-state index contributed by atoms with van der Waals surface area (Å²) in [5, 5.41) is 2.02. The maximum absolute atomic E-state index is 13.2. The summed E-state index contributed by atoms with van der Waals surface area (Å²) in [4.78, 5) is 17.4. The summed E-state index contributed by atoms with van der Waals surface area (Å²) >= 11 is 1.75. The first-order chi connectivity index (χ1) is 11.6. The SMILES string of the molecule is COc1cccc2c3c(n(C)c12)SCC(Cn1ccnc1C)C3=O. The van der Waals surface area contributed by atoms with Crippen molar-refractivity contribution in [1.29, 1.82) is 0 Å². The third-order valence-corrected chi connectivity index (χ3v) is 6.04. The van der Waals surface area contributed by atoms with E-state index >= 15 is 0 Å². The van der Waals surface area contributed by atoms with Gasteiger partial charge in [-0.25, -0.2) is 4.98 Å². The lowest BCUT2D eigenvalue weighted by Crippen LogP contribution is -2.27. The van der Waals surface area contributed by atoms with Gasteiger partial charge in [-0.3, -0.25) is 4.79 Å². The summed E-state index contributed by atoms with van der Waals surface area (Å²) in [6, 6.07) is 5.90. The van der Waals surface area contributed by atoms with E-state index in [1.807, 2.05) is 38.4 Å². The predicted molar refractivity (Wildman–Crippen MR) is 95.0 cm³/mol. The van der Waals surface area contributed by atoms with Gasteiger partial charge in [0.05, 0.1) is 23.2 Å². The van der Waals surface area contributed by atoms with Gasteiger partial charge in [0.1, 0.15) is 11.6 Å². The Morgan fingerprint density at radius 2 is 2.25 bits per heavy atom. The number of carbonyl (C=O) groups is 1. The highest BCUT2D eigenvalue weighted by Crippen LogP contribution is 2.42. The van der Waals surface area contributed by atoms with E-state index in [9.17, 15) is 4.79 Å². The molecule has 124 valence electrons. The van der Waals surface area contributed by atoms with E-state index in [0.717, 1.165) is 38.8 Å². The Morgan fingerprint density at radius 1 is 1.42 bits per heavy atom. The Morgan fingerprint density at radius 3 is 2.96 bits per heavy atom. The largest absolute Gasteiger partial charge is 0.495 e. The van der Waals surface area contributed by atoms with Gasteiger partial charge in [-0.05, 0) is 13.0 Å². The topological polar surface area (TPSA) is 49.0 Å². The molecule has 24 heavy (non-hydrogen) atoms. The Balaban J connectivity index is 1.80. The van der Waals surface area contributed by atoms with Crippen molar-refractivity contribution in [2.45, 2.75) is 18.5 Å². The van der Waals surface area contributed by atoms with Crippen molar-refractivity contribution >= 4 is 28.4 Å². The van der Waals surface area contributed by atoms with Crippen molar-refractivity contribution in [3.05, 3.63) is 42.0 Å². The molecule has 0 saturated carbocycles. The number of para-hydroxylation sites is 1. The van der Waals surface area contributed by atoms with Gasteiger partial charge in [0.15, 0.2) is 5.78 Å².